The molecule has 6 heteroatoms. The molecule has 4 nitrogen and oxygen atoms in total. The van der Waals surface area contributed by atoms with Crippen LogP contribution in [-0.2, 0) is 13.1 Å². The molecular formula is C18H19N3OS2. The molecule has 2 heterocycles. The number of nitrogens with one attached hydrogen (secondary N) is 2. The highest BCUT2D eigenvalue weighted by Crippen LogP contribution is 2.29. The summed E-state index contributed by atoms with van der Waals surface area (Å²) < 4.78 is 0. The lowest BCUT2D eigenvalue weighted by atomic mass is 10.1. The second-order valence-electron chi connectivity index (χ2n) is 5.46. The number of amides is 2. The van der Waals surface area contributed by atoms with Gasteiger partial charge in [-0.05, 0) is 30.9 Å². The number of thiophene rings is 1. The molecule has 2 aromatic heterocycles. The molecule has 0 unspecified atom stereocenters. The molecular weight excluding hydrogens is 338 g/mol. The first kappa shape index (κ1) is 16.7. The van der Waals surface area contributed by atoms with Crippen molar-refractivity contribution in [2.24, 2.45) is 0 Å². The van der Waals surface area contributed by atoms with Crippen LogP contribution in [0.2, 0.25) is 0 Å². The second kappa shape index (κ2) is 7.59. The molecule has 0 saturated heterocycles. The molecule has 0 aliphatic heterocycles. The summed E-state index contributed by atoms with van der Waals surface area (Å²) in [7, 11) is 0. The van der Waals surface area contributed by atoms with Gasteiger partial charge in [-0.15, -0.1) is 22.7 Å². The molecule has 0 radical (unpaired) electrons. The lowest BCUT2D eigenvalue weighted by molar-refractivity contribution is 0.240. The minimum absolute atomic E-state index is 0.159. The summed E-state index contributed by atoms with van der Waals surface area (Å²) in [6.07, 6.45) is 0. The Morgan fingerprint density at radius 1 is 1.08 bits per heavy atom. The largest absolute Gasteiger partial charge is 0.333 e. The van der Waals surface area contributed by atoms with Crippen LogP contribution in [0.25, 0.3) is 10.6 Å². The molecule has 0 bridgehead atoms. The molecule has 124 valence electrons. The molecule has 2 amide bonds. The smallest absolute Gasteiger partial charge is 0.315 e. The molecule has 0 spiro atoms. The van der Waals surface area contributed by atoms with Crippen molar-refractivity contribution in [3.05, 3.63) is 62.8 Å². The summed E-state index contributed by atoms with van der Waals surface area (Å²) >= 11 is 3.27. The van der Waals surface area contributed by atoms with Crippen molar-refractivity contribution in [3.8, 4) is 10.6 Å². The first-order valence-corrected chi connectivity index (χ1v) is 9.39. The standard InChI is InChI=1S/C18H19N3OS2/c1-12-6-3-4-8-15(12)17-21-13(2)16(24-17)11-20-18(22)19-10-14-7-5-9-23-14/h3-9H,10-11H2,1-2H3,(H2,19,20,22). The Labute approximate surface area is 149 Å². The van der Waals surface area contributed by atoms with Crippen molar-refractivity contribution >= 4 is 28.7 Å². The Kier molecular flexibility index (Phi) is 5.27. The zero-order valence-corrected chi connectivity index (χ0v) is 15.3. The summed E-state index contributed by atoms with van der Waals surface area (Å²) in [5.41, 5.74) is 3.33. The molecule has 0 aliphatic carbocycles. The van der Waals surface area contributed by atoms with Crippen LogP contribution >= 0.6 is 22.7 Å². The number of nitrogens with zero attached hydrogens (tertiary/aromatic N) is 1. The third-order valence-corrected chi connectivity index (χ3v) is 5.75. The van der Waals surface area contributed by atoms with Gasteiger partial charge in [0.1, 0.15) is 5.01 Å². The van der Waals surface area contributed by atoms with Crippen molar-refractivity contribution in [2.45, 2.75) is 26.9 Å². The predicted molar refractivity (Wildman–Crippen MR) is 100 cm³/mol. The van der Waals surface area contributed by atoms with Crippen LogP contribution in [0.1, 0.15) is 21.0 Å². The predicted octanol–water partition coefficient (Wildman–Crippen LogP) is 4.49. The highest BCUT2D eigenvalue weighted by Gasteiger charge is 2.12. The third kappa shape index (κ3) is 4.01. The lowest BCUT2D eigenvalue weighted by Gasteiger charge is -2.05. The van der Waals surface area contributed by atoms with Crippen molar-refractivity contribution in [1.29, 1.82) is 0 Å². The first-order valence-electron chi connectivity index (χ1n) is 7.70. The fraction of sp³-hybridized carbons (Fsp3) is 0.222. The summed E-state index contributed by atoms with van der Waals surface area (Å²) in [4.78, 5) is 18.8. The van der Waals surface area contributed by atoms with E-state index in [1.807, 2.05) is 36.6 Å². The number of aromatic nitrogens is 1. The Balaban J connectivity index is 1.59. The van der Waals surface area contributed by atoms with Gasteiger partial charge < -0.3 is 10.6 Å². The number of urea groups is 1. The maximum absolute atomic E-state index is 11.9. The molecule has 0 atom stereocenters. The van der Waals surface area contributed by atoms with Gasteiger partial charge >= 0.3 is 6.03 Å². The second-order valence-corrected chi connectivity index (χ2v) is 7.57. The van der Waals surface area contributed by atoms with Gasteiger partial charge in [0.2, 0.25) is 0 Å². The maximum atomic E-state index is 11.9. The van der Waals surface area contributed by atoms with E-state index in [4.69, 9.17) is 0 Å². The number of carbonyl (C=O) groups excluding carboxylic acids is 1. The highest BCUT2D eigenvalue weighted by molar-refractivity contribution is 7.15. The maximum Gasteiger partial charge on any atom is 0.315 e. The van der Waals surface area contributed by atoms with Crippen LogP contribution in [0.4, 0.5) is 4.79 Å². The van der Waals surface area contributed by atoms with E-state index in [0.29, 0.717) is 13.1 Å². The fourth-order valence-electron chi connectivity index (χ4n) is 2.32. The zero-order chi connectivity index (χ0) is 16.9. The van der Waals surface area contributed by atoms with Gasteiger partial charge in [-0.1, -0.05) is 30.3 Å². The van der Waals surface area contributed by atoms with E-state index in [1.165, 1.54) is 5.56 Å². The molecule has 3 rings (SSSR count). The molecule has 2 N–H and O–H groups in total. The summed E-state index contributed by atoms with van der Waals surface area (Å²) in [6.45, 7) is 5.12. The molecule has 0 fully saturated rings. The topological polar surface area (TPSA) is 54.0 Å². The molecule has 0 saturated carbocycles. The number of benzene rings is 1. The van der Waals surface area contributed by atoms with Crippen molar-refractivity contribution in [3.63, 3.8) is 0 Å². The number of hydrogen-bond donors (Lipinski definition) is 2. The van der Waals surface area contributed by atoms with Crippen LogP contribution in [0.5, 0.6) is 0 Å². The van der Waals surface area contributed by atoms with Gasteiger partial charge in [-0.2, -0.15) is 0 Å². The Bertz CT molecular complexity index is 825. The van der Waals surface area contributed by atoms with Crippen molar-refractivity contribution in [2.75, 3.05) is 0 Å². The summed E-state index contributed by atoms with van der Waals surface area (Å²) in [5.74, 6) is 0. The van der Waals surface area contributed by atoms with Crippen LogP contribution in [-0.4, -0.2) is 11.0 Å². The van der Waals surface area contributed by atoms with Crippen molar-refractivity contribution in [1.82, 2.24) is 15.6 Å². The minimum Gasteiger partial charge on any atom is -0.333 e. The monoisotopic (exact) mass is 357 g/mol. The van der Waals surface area contributed by atoms with Gasteiger partial charge in [0.25, 0.3) is 0 Å². The third-order valence-electron chi connectivity index (χ3n) is 3.68. The minimum atomic E-state index is -0.159. The molecule has 0 aliphatic rings. The van der Waals surface area contributed by atoms with Gasteiger partial charge in [0.05, 0.1) is 18.8 Å². The SMILES string of the molecule is Cc1ccccc1-c1nc(C)c(CNC(=O)NCc2cccs2)s1. The zero-order valence-electron chi connectivity index (χ0n) is 13.6. The average Bonchev–Trinajstić information content (AvgIpc) is 3.21. The first-order chi connectivity index (χ1) is 11.6. The van der Waals surface area contributed by atoms with Crippen LogP contribution < -0.4 is 10.6 Å². The Hall–Kier alpha value is -2.18. The van der Waals surface area contributed by atoms with Crippen LogP contribution in [0, 0.1) is 13.8 Å². The Morgan fingerprint density at radius 2 is 1.88 bits per heavy atom. The van der Waals surface area contributed by atoms with E-state index in [0.717, 1.165) is 26.0 Å². The Morgan fingerprint density at radius 3 is 2.62 bits per heavy atom. The van der Waals surface area contributed by atoms with E-state index in [-0.39, 0.29) is 6.03 Å². The molecule has 1 aromatic carbocycles. The number of hydrogen-bond acceptors (Lipinski definition) is 4. The van der Waals surface area contributed by atoms with Crippen LogP contribution in [0.3, 0.4) is 0 Å². The number of rotatable bonds is 5. The molecule has 3 aromatic rings. The highest BCUT2D eigenvalue weighted by atomic mass is 32.1. The van der Waals surface area contributed by atoms with Gasteiger partial charge in [-0.25, -0.2) is 9.78 Å². The quantitative estimate of drug-likeness (QED) is 0.707. The van der Waals surface area contributed by atoms with Gasteiger partial charge in [0.15, 0.2) is 0 Å². The lowest BCUT2D eigenvalue weighted by Crippen LogP contribution is -2.34. The van der Waals surface area contributed by atoms with E-state index in [1.54, 1.807) is 22.7 Å². The number of carbonyl (C=O) groups is 1. The normalized spacial score (nSPS) is 10.6. The summed E-state index contributed by atoms with van der Waals surface area (Å²) in [5, 5.41) is 8.78. The fourth-order valence-corrected chi connectivity index (χ4v) is 4.06. The number of thiazole rings is 1. The average molecular weight is 358 g/mol. The van der Waals surface area contributed by atoms with E-state index in [2.05, 4.69) is 34.7 Å². The number of aryl methyl sites for hydroxylation is 2. The van der Waals surface area contributed by atoms with Crippen molar-refractivity contribution < 1.29 is 4.79 Å². The van der Waals surface area contributed by atoms with Crippen LogP contribution in [0.15, 0.2) is 41.8 Å². The van der Waals surface area contributed by atoms with E-state index >= 15 is 0 Å². The van der Waals surface area contributed by atoms with Gasteiger partial charge in [0, 0.05) is 15.3 Å². The van der Waals surface area contributed by atoms with E-state index in [9.17, 15) is 4.79 Å². The molecule has 24 heavy (non-hydrogen) atoms. The van der Waals surface area contributed by atoms with Gasteiger partial charge in [-0.3, -0.25) is 0 Å². The van der Waals surface area contributed by atoms with E-state index < -0.39 is 0 Å². The summed E-state index contributed by atoms with van der Waals surface area (Å²) in [6, 6.07) is 12.0.